The van der Waals surface area contributed by atoms with Gasteiger partial charge in [0.25, 0.3) is 0 Å². The first kappa shape index (κ1) is 12.1. The van der Waals surface area contributed by atoms with E-state index in [9.17, 15) is 9.90 Å². The number of fused-ring (bicyclic) bond motifs is 1. The minimum Gasteiger partial charge on any atom is -0.496 e. The molecule has 1 aromatic rings. The van der Waals surface area contributed by atoms with Crippen molar-refractivity contribution in [2.75, 3.05) is 7.11 Å². The van der Waals surface area contributed by atoms with E-state index < -0.39 is 11.7 Å². The third-order valence-corrected chi connectivity index (χ3v) is 2.91. The van der Waals surface area contributed by atoms with Gasteiger partial charge in [-0.15, -0.1) is 0 Å². The quantitative estimate of drug-likeness (QED) is 0.864. The van der Waals surface area contributed by atoms with Gasteiger partial charge in [-0.25, -0.2) is 4.79 Å². The van der Waals surface area contributed by atoms with Crippen molar-refractivity contribution >= 4 is 0 Å². The summed E-state index contributed by atoms with van der Waals surface area (Å²) in [5, 5.41) is 10.1. The van der Waals surface area contributed by atoms with Crippen molar-refractivity contribution < 1.29 is 19.0 Å². The molecule has 1 N–H and O–H groups in total. The molecule has 1 aromatic heterocycles. The summed E-state index contributed by atoms with van der Waals surface area (Å²) < 4.78 is 15.7. The Balaban J connectivity index is 2.42. The number of ether oxygens (including phenoxy) is 2. The molecule has 0 spiro atoms. The lowest BCUT2D eigenvalue weighted by Crippen LogP contribution is -2.29. The van der Waals surface area contributed by atoms with Gasteiger partial charge in [0.2, 0.25) is 0 Å². The van der Waals surface area contributed by atoms with Gasteiger partial charge in [-0.3, -0.25) is 0 Å². The Morgan fingerprint density at radius 1 is 1.59 bits per heavy atom. The second-order valence-electron chi connectivity index (χ2n) is 4.06. The highest BCUT2D eigenvalue weighted by Gasteiger charge is 2.33. The predicted octanol–water partition coefficient (Wildman–Crippen LogP) is 1.38. The maximum atomic E-state index is 11.3. The van der Waals surface area contributed by atoms with Gasteiger partial charge in [-0.05, 0) is 6.42 Å². The lowest BCUT2D eigenvalue weighted by molar-refractivity contribution is -0.0795. The molecule has 0 fully saturated rings. The smallest absolute Gasteiger partial charge is 0.339 e. The lowest BCUT2D eigenvalue weighted by Gasteiger charge is -2.29. The first-order valence-corrected chi connectivity index (χ1v) is 5.68. The topological polar surface area (TPSA) is 68.9 Å². The molecule has 2 heterocycles. The second-order valence-corrected chi connectivity index (χ2v) is 4.06. The summed E-state index contributed by atoms with van der Waals surface area (Å²) in [6, 6.07) is 1.26. The average Bonchev–Trinajstić information content (AvgIpc) is 2.32. The monoisotopic (exact) mass is 240 g/mol. The van der Waals surface area contributed by atoms with Gasteiger partial charge in [-0.2, -0.15) is 0 Å². The number of methoxy groups -OCH3 is 1. The predicted molar refractivity (Wildman–Crippen MR) is 60.0 cm³/mol. The first-order chi connectivity index (χ1) is 8.17. The number of rotatable bonds is 3. The van der Waals surface area contributed by atoms with Crippen LogP contribution in [0, 0.1) is 0 Å². The van der Waals surface area contributed by atoms with Crippen LogP contribution < -0.4 is 10.4 Å². The van der Waals surface area contributed by atoms with Crippen molar-refractivity contribution in [3.63, 3.8) is 0 Å². The van der Waals surface area contributed by atoms with Crippen LogP contribution in [-0.2, 0) is 11.3 Å². The summed E-state index contributed by atoms with van der Waals surface area (Å²) in [6.07, 6.45) is 0.400. The zero-order chi connectivity index (χ0) is 12.4. The normalized spacial score (nSPS) is 23.2. The van der Waals surface area contributed by atoms with Gasteiger partial charge in [0, 0.05) is 0 Å². The van der Waals surface area contributed by atoms with E-state index in [0.29, 0.717) is 17.9 Å². The van der Waals surface area contributed by atoms with Gasteiger partial charge in [0.15, 0.2) is 0 Å². The van der Waals surface area contributed by atoms with Gasteiger partial charge < -0.3 is 19.0 Å². The van der Waals surface area contributed by atoms with Gasteiger partial charge in [0.1, 0.15) is 17.6 Å². The highest BCUT2D eigenvalue weighted by Crippen LogP contribution is 2.35. The van der Waals surface area contributed by atoms with Crippen molar-refractivity contribution in [3.05, 3.63) is 27.8 Å². The molecule has 1 aliphatic rings. The fraction of sp³-hybridized carbons (Fsp3) is 0.583. The number of aliphatic hydroxyl groups excluding tert-OH is 1. The Labute approximate surface area is 99.0 Å². The molecular formula is C12H16O5. The average molecular weight is 240 g/mol. The van der Waals surface area contributed by atoms with Crippen molar-refractivity contribution in [1.29, 1.82) is 0 Å². The van der Waals surface area contributed by atoms with Gasteiger partial charge in [-0.1, -0.05) is 13.3 Å². The lowest BCUT2D eigenvalue weighted by atomic mass is 9.99. The molecule has 0 saturated heterocycles. The van der Waals surface area contributed by atoms with Crippen LogP contribution in [0.2, 0.25) is 0 Å². The van der Waals surface area contributed by atoms with Crippen LogP contribution in [0.3, 0.4) is 0 Å². The minimum absolute atomic E-state index is 0.277. The highest BCUT2D eigenvalue weighted by atomic mass is 16.5. The number of hydrogen-bond acceptors (Lipinski definition) is 5. The van der Waals surface area contributed by atoms with Crippen LogP contribution in [0.15, 0.2) is 15.3 Å². The van der Waals surface area contributed by atoms with Crippen LogP contribution in [0.4, 0.5) is 0 Å². The fourth-order valence-electron chi connectivity index (χ4n) is 2.05. The van der Waals surface area contributed by atoms with Crippen LogP contribution in [0.1, 0.15) is 37.2 Å². The molecule has 0 aromatic carbocycles. The van der Waals surface area contributed by atoms with E-state index in [1.807, 2.05) is 6.92 Å². The Bertz CT molecular complexity index is 451. The molecule has 2 rings (SSSR count). The number of aliphatic hydroxyl groups is 1. The summed E-state index contributed by atoms with van der Waals surface area (Å²) >= 11 is 0. The molecule has 0 unspecified atom stereocenters. The van der Waals surface area contributed by atoms with Crippen LogP contribution in [0.25, 0.3) is 0 Å². The van der Waals surface area contributed by atoms with E-state index in [0.717, 1.165) is 12.8 Å². The van der Waals surface area contributed by atoms with Crippen molar-refractivity contribution in [2.45, 2.75) is 38.6 Å². The molecule has 1 aliphatic heterocycles. The molecule has 0 saturated carbocycles. The molecule has 0 amide bonds. The second kappa shape index (κ2) is 4.89. The Hall–Kier alpha value is -1.33. The maximum absolute atomic E-state index is 11.3. The minimum atomic E-state index is -0.901. The third kappa shape index (κ3) is 2.21. The fourth-order valence-corrected chi connectivity index (χ4v) is 2.05. The van der Waals surface area contributed by atoms with E-state index in [1.54, 1.807) is 0 Å². The zero-order valence-corrected chi connectivity index (χ0v) is 9.93. The van der Waals surface area contributed by atoms with Gasteiger partial charge >= 0.3 is 5.63 Å². The summed E-state index contributed by atoms with van der Waals surface area (Å²) in [5.41, 5.74) is 0.101. The van der Waals surface area contributed by atoms with Crippen LogP contribution in [0.5, 0.6) is 5.75 Å². The van der Waals surface area contributed by atoms with Gasteiger partial charge in [0.05, 0.1) is 31.5 Å². The van der Waals surface area contributed by atoms with E-state index >= 15 is 0 Å². The van der Waals surface area contributed by atoms with E-state index in [1.165, 1.54) is 13.2 Å². The summed E-state index contributed by atoms with van der Waals surface area (Å²) in [6.45, 7) is 2.30. The zero-order valence-electron chi connectivity index (χ0n) is 9.93. The summed E-state index contributed by atoms with van der Waals surface area (Å²) in [5.74, 6) is 0.685. The van der Waals surface area contributed by atoms with E-state index in [4.69, 9.17) is 13.9 Å². The molecule has 0 radical (unpaired) electrons. The van der Waals surface area contributed by atoms with Crippen molar-refractivity contribution in [3.8, 4) is 5.75 Å². The molecule has 5 nitrogen and oxygen atoms in total. The molecule has 94 valence electrons. The SMILES string of the molecule is CCC[C@H]1OCc2c(OC)cc(=O)oc2[C@H]1O. The molecule has 0 bridgehead atoms. The molecule has 0 aliphatic carbocycles. The van der Waals surface area contributed by atoms with Crippen molar-refractivity contribution in [2.24, 2.45) is 0 Å². The first-order valence-electron chi connectivity index (χ1n) is 5.68. The summed E-state index contributed by atoms with van der Waals surface area (Å²) in [7, 11) is 1.47. The maximum Gasteiger partial charge on any atom is 0.339 e. The van der Waals surface area contributed by atoms with Crippen LogP contribution in [-0.4, -0.2) is 18.3 Å². The largest absolute Gasteiger partial charge is 0.496 e. The van der Waals surface area contributed by atoms with E-state index in [-0.39, 0.29) is 11.9 Å². The van der Waals surface area contributed by atoms with Crippen LogP contribution >= 0.6 is 0 Å². The summed E-state index contributed by atoms with van der Waals surface area (Å²) in [4.78, 5) is 11.3. The Morgan fingerprint density at radius 2 is 2.35 bits per heavy atom. The Kier molecular flexibility index (Phi) is 3.49. The standard InChI is InChI=1S/C12H16O5/c1-3-4-8-11(14)12-7(6-16-8)9(15-2)5-10(13)17-12/h5,8,11,14H,3-4,6H2,1-2H3/t8-,11+/m1/s1. The molecule has 2 atom stereocenters. The highest BCUT2D eigenvalue weighted by molar-refractivity contribution is 5.36. The number of hydrogen-bond donors (Lipinski definition) is 1. The molecular weight excluding hydrogens is 224 g/mol. The third-order valence-electron chi connectivity index (χ3n) is 2.91. The van der Waals surface area contributed by atoms with E-state index in [2.05, 4.69) is 0 Å². The molecule has 5 heteroatoms. The van der Waals surface area contributed by atoms with Crippen molar-refractivity contribution in [1.82, 2.24) is 0 Å². The molecule has 17 heavy (non-hydrogen) atoms. The Morgan fingerprint density at radius 3 is 3.00 bits per heavy atom.